The van der Waals surface area contributed by atoms with Crippen molar-refractivity contribution in [3.63, 3.8) is 0 Å². The second-order valence-electron chi connectivity index (χ2n) is 4.14. The first-order valence-electron chi connectivity index (χ1n) is 6.37. The molecule has 0 radical (unpaired) electrons. The molecule has 1 N–H and O–H groups in total. The predicted molar refractivity (Wildman–Crippen MR) is 77.1 cm³/mol. The number of ether oxygens (including phenoxy) is 1. The topological polar surface area (TPSA) is 24.5 Å². The Morgan fingerprint density at radius 3 is 2.45 bits per heavy atom. The van der Waals surface area contributed by atoms with Crippen LogP contribution in [0.2, 0.25) is 0 Å². The van der Waals surface area contributed by atoms with Crippen LogP contribution in [0.3, 0.4) is 0 Å². The first-order valence-corrected chi connectivity index (χ1v) is 7.16. The van der Waals surface area contributed by atoms with Crippen LogP contribution in [0.4, 0.5) is 18.9 Å². The number of nitrogens with one attached hydrogen (secondary N) is 1. The molecule has 0 aliphatic carbocycles. The van der Waals surface area contributed by atoms with Crippen molar-refractivity contribution in [2.45, 2.75) is 20.2 Å². The third-order valence-corrected chi connectivity index (χ3v) is 3.30. The highest BCUT2D eigenvalue weighted by Gasteiger charge is 2.32. The Morgan fingerprint density at radius 2 is 1.90 bits per heavy atom. The van der Waals surface area contributed by atoms with E-state index in [2.05, 4.69) is 30.9 Å². The molecule has 1 rings (SSSR count). The van der Waals surface area contributed by atoms with Crippen molar-refractivity contribution in [2.75, 3.05) is 31.5 Å². The van der Waals surface area contributed by atoms with E-state index in [9.17, 15) is 13.2 Å². The molecule has 0 aliphatic rings. The van der Waals surface area contributed by atoms with Gasteiger partial charge in [0.1, 0.15) is 0 Å². The van der Waals surface area contributed by atoms with Crippen molar-refractivity contribution in [1.82, 2.24) is 4.90 Å². The number of hydrogen-bond acceptors (Lipinski definition) is 3. The molecule has 0 saturated carbocycles. The summed E-state index contributed by atoms with van der Waals surface area (Å²) in [6.45, 7) is 7.21. The summed E-state index contributed by atoms with van der Waals surface area (Å²) in [5.41, 5.74) is 0.331. The second kappa shape index (κ2) is 7.73. The summed E-state index contributed by atoms with van der Waals surface area (Å²) in [7, 11) is 0. The van der Waals surface area contributed by atoms with E-state index < -0.39 is 6.36 Å². The van der Waals surface area contributed by atoms with Crippen molar-refractivity contribution in [1.29, 1.82) is 0 Å². The lowest BCUT2D eigenvalue weighted by atomic mass is 10.3. The normalized spacial score (nSPS) is 11.8. The Labute approximate surface area is 125 Å². The molecule has 114 valence electrons. The number of alkyl halides is 3. The number of hydrogen-bond donors (Lipinski definition) is 1. The summed E-state index contributed by atoms with van der Waals surface area (Å²) < 4.78 is 41.6. The number of likely N-dealkylation sites (N-methyl/N-ethyl adjacent to an activating group) is 1. The van der Waals surface area contributed by atoms with Crippen LogP contribution in [-0.4, -0.2) is 37.4 Å². The molecule has 1 aromatic carbocycles. The fraction of sp³-hybridized carbons (Fsp3) is 0.538. The van der Waals surface area contributed by atoms with Gasteiger partial charge in [0, 0.05) is 17.6 Å². The van der Waals surface area contributed by atoms with Crippen molar-refractivity contribution in [3.05, 3.63) is 22.7 Å². The Kier molecular flexibility index (Phi) is 6.61. The van der Waals surface area contributed by atoms with Crippen molar-refractivity contribution >= 4 is 21.6 Å². The van der Waals surface area contributed by atoms with Crippen LogP contribution in [0, 0.1) is 0 Å². The molecule has 0 aromatic heterocycles. The van der Waals surface area contributed by atoms with Gasteiger partial charge in [0.25, 0.3) is 0 Å². The Morgan fingerprint density at radius 1 is 1.25 bits per heavy atom. The Balaban J connectivity index is 2.69. The van der Waals surface area contributed by atoms with Gasteiger partial charge in [-0.05, 0) is 31.3 Å². The minimum absolute atomic E-state index is 0.230. The molecular formula is C13H18BrF3N2O. The number of benzene rings is 1. The fourth-order valence-electron chi connectivity index (χ4n) is 1.74. The SMILES string of the molecule is CCN(CC)CCNc1ccc(Br)cc1OC(F)(F)F. The molecule has 20 heavy (non-hydrogen) atoms. The predicted octanol–water partition coefficient (Wildman–Crippen LogP) is 4.10. The van der Waals surface area contributed by atoms with Gasteiger partial charge in [0.15, 0.2) is 5.75 Å². The van der Waals surface area contributed by atoms with E-state index in [-0.39, 0.29) is 5.75 Å². The van der Waals surface area contributed by atoms with Crippen LogP contribution in [0.1, 0.15) is 13.8 Å². The highest BCUT2D eigenvalue weighted by molar-refractivity contribution is 9.10. The van der Waals surface area contributed by atoms with E-state index in [0.717, 1.165) is 19.6 Å². The molecule has 0 atom stereocenters. The average Bonchev–Trinajstić information content (AvgIpc) is 2.35. The van der Waals surface area contributed by atoms with E-state index in [1.165, 1.54) is 6.07 Å². The van der Waals surface area contributed by atoms with Gasteiger partial charge in [-0.3, -0.25) is 0 Å². The third kappa shape index (κ3) is 6.00. The number of rotatable bonds is 7. The highest BCUT2D eigenvalue weighted by Crippen LogP contribution is 2.32. The van der Waals surface area contributed by atoms with Gasteiger partial charge in [-0.15, -0.1) is 13.2 Å². The van der Waals surface area contributed by atoms with Gasteiger partial charge in [-0.1, -0.05) is 29.8 Å². The Hall–Kier alpha value is -0.950. The van der Waals surface area contributed by atoms with E-state index >= 15 is 0 Å². The van der Waals surface area contributed by atoms with Gasteiger partial charge < -0.3 is 15.0 Å². The third-order valence-electron chi connectivity index (χ3n) is 2.81. The fourth-order valence-corrected chi connectivity index (χ4v) is 2.08. The summed E-state index contributed by atoms with van der Waals surface area (Å²) in [6, 6.07) is 4.53. The molecule has 0 heterocycles. The average molecular weight is 355 g/mol. The minimum atomic E-state index is -4.70. The zero-order valence-corrected chi connectivity index (χ0v) is 13.0. The van der Waals surface area contributed by atoms with Crippen LogP contribution in [-0.2, 0) is 0 Å². The van der Waals surface area contributed by atoms with Crippen LogP contribution < -0.4 is 10.1 Å². The molecule has 0 bridgehead atoms. The Bertz CT molecular complexity index is 423. The molecule has 1 aromatic rings. The van der Waals surface area contributed by atoms with Crippen molar-refractivity contribution < 1.29 is 17.9 Å². The lowest BCUT2D eigenvalue weighted by Gasteiger charge is -2.20. The van der Waals surface area contributed by atoms with Crippen molar-refractivity contribution in [2.24, 2.45) is 0 Å². The lowest BCUT2D eigenvalue weighted by Crippen LogP contribution is -2.28. The van der Waals surface area contributed by atoms with Crippen molar-refractivity contribution in [3.8, 4) is 5.75 Å². The zero-order chi connectivity index (χ0) is 15.2. The standard InChI is InChI=1S/C13H18BrF3N2O/c1-3-19(4-2)8-7-18-11-6-5-10(14)9-12(11)20-13(15,16)17/h5-6,9,18H,3-4,7-8H2,1-2H3. The number of nitrogens with zero attached hydrogens (tertiary/aromatic N) is 1. The summed E-state index contributed by atoms with van der Waals surface area (Å²) in [5.74, 6) is -0.230. The molecular weight excluding hydrogens is 337 g/mol. The molecule has 7 heteroatoms. The summed E-state index contributed by atoms with van der Waals surface area (Å²) in [4.78, 5) is 2.18. The maximum Gasteiger partial charge on any atom is 0.573 e. The van der Waals surface area contributed by atoms with Crippen LogP contribution in [0.25, 0.3) is 0 Å². The molecule has 0 saturated heterocycles. The van der Waals surface area contributed by atoms with Gasteiger partial charge in [-0.25, -0.2) is 0 Å². The molecule has 0 fully saturated rings. The largest absolute Gasteiger partial charge is 0.573 e. The summed E-state index contributed by atoms with van der Waals surface area (Å²) >= 11 is 3.13. The van der Waals surface area contributed by atoms with E-state index in [0.29, 0.717) is 16.7 Å². The number of anilines is 1. The van der Waals surface area contributed by atoms with Crippen LogP contribution >= 0.6 is 15.9 Å². The highest BCUT2D eigenvalue weighted by atomic mass is 79.9. The van der Waals surface area contributed by atoms with Gasteiger partial charge in [0.2, 0.25) is 0 Å². The second-order valence-corrected chi connectivity index (χ2v) is 5.06. The van der Waals surface area contributed by atoms with Gasteiger partial charge >= 0.3 is 6.36 Å². The van der Waals surface area contributed by atoms with E-state index in [1.807, 2.05) is 13.8 Å². The summed E-state index contributed by atoms with van der Waals surface area (Å²) in [5, 5.41) is 2.97. The van der Waals surface area contributed by atoms with E-state index in [4.69, 9.17) is 0 Å². The lowest BCUT2D eigenvalue weighted by molar-refractivity contribution is -0.274. The molecule has 3 nitrogen and oxygen atoms in total. The van der Waals surface area contributed by atoms with Crippen LogP contribution in [0.5, 0.6) is 5.75 Å². The quantitative estimate of drug-likeness (QED) is 0.797. The smallest absolute Gasteiger partial charge is 0.404 e. The minimum Gasteiger partial charge on any atom is -0.404 e. The molecule has 0 amide bonds. The monoisotopic (exact) mass is 354 g/mol. The van der Waals surface area contributed by atoms with E-state index in [1.54, 1.807) is 12.1 Å². The first kappa shape index (κ1) is 17.1. The van der Waals surface area contributed by atoms with Gasteiger partial charge in [-0.2, -0.15) is 0 Å². The van der Waals surface area contributed by atoms with Gasteiger partial charge in [0.05, 0.1) is 5.69 Å². The maximum atomic E-state index is 12.3. The van der Waals surface area contributed by atoms with Crippen LogP contribution in [0.15, 0.2) is 22.7 Å². The molecule has 0 spiro atoms. The molecule has 0 aliphatic heterocycles. The summed E-state index contributed by atoms with van der Waals surface area (Å²) in [6.07, 6.45) is -4.70. The maximum absolute atomic E-state index is 12.3. The number of halogens is 4. The zero-order valence-electron chi connectivity index (χ0n) is 11.4. The molecule has 0 unspecified atom stereocenters. The first-order chi connectivity index (χ1) is 9.35.